The van der Waals surface area contributed by atoms with E-state index in [1.54, 1.807) is 86.4 Å². The number of rotatable bonds is 25. The molecule has 0 bridgehead atoms. The van der Waals surface area contributed by atoms with Crippen LogP contribution in [-0.4, -0.2) is 172 Å². The van der Waals surface area contributed by atoms with E-state index in [9.17, 15) is 52.8 Å². The van der Waals surface area contributed by atoms with Gasteiger partial charge in [0.1, 0.15) is 62.9 Å². The zero-order valence-electron chi connectivity index (χ0n) is 82.7. The number of ether oxygens (including phenoxy) is 3. The second-order valence-corrected chi connectivity index (χ2v) is 47.0. The van der Waals surface area contributed by atoms with Crippen LogP contribution in [0.3, 0.4) is 0 Å². The van der Waals surface area contributed by atoms with Gasteiger partial charge in [-0.3, -0.25) is 19.2 Å². The van der Waals surface area contributed by atoms with Gasteiger partial charge >= 0.3 is 0 Å². The summed E-state index contributed by atoms with van der Waals surface area (Å²) in [4.78, 5) is 96.1. The highest BCUT2D eigenvalue weighted by Gasteiger charge is 2.45. The second-order valence-electron chi connectivity index (χ2n) is 40.0. The number of carbonyl (C=O) groups is 4. The lowest BCUT2D eigenvalue weighted by molar-refractivity contribution is 0.0793. The van der Waals surface area contributed by atoms with E-state index in [0.717, 1.165) is 99.2 Å². The van der Waals surface area contributed by atoms with Crippen LogP contribution >= 0.6 is 11.6 Å². The van der Waals surface area contributed by atoms with Gasteiger partial charge in [0.2, 0.25) is 0 Å². The van der Waals surface area contributed by atoms with E-state index in [1.165, 1.54) is 73.6 Å². The molecule has 4 unspecified atom stereocenters. The molecule has 6 aliphatic rings. The van der Waals surface area contributed by atoms with Crippen molar-refractivity contribution in [3.05, 3.63) is 239 Å². The predicted octanol–water partition coefficient (Wildman–Crippen LogP) is 15.8. The summed E-state index contributed by atoms with van der Waals surface area (Å²) in [5.74, 6) is 2.27. The fraction of sp³-hybridized carbons (Fsp3) is 0.398. The van der Waals surface area contributed by atoms with E-state index in [-0.39, 0.29) is 93.9 Å². The van der Waals surface area contributed by atoms with Crippen molar-refractivity contribution in [2.75, 3.05) is 88.6 Å². The SMILES string of the molecule is CC1CN(c2ncc(-c3ccccc3Cl)cc2C(=O)NS(=O)(=O)c2cccc(N)n2)C(C)(C)C1.COc1ccccc1CNc1cccc(S(=O)(=O)NC(=O)c2cccnc2N2CC(C)CC2(C)C)n1.C[C@@H]1CN(c2nc(C3CCCOC3)ccc2C(=O)NS(=O)(=O)c2cccnc2N)C(C)(C)C1.Cc1cc(OC2CCCC2)cc(-c2cnc(N3CC(C)CC3(C)C)c(C(=O)NS(=O)(=O)c3cccc(N)n3)c2)c1. The molecule has 5 aliphatic heterocycles. The zero-order valence-corrected chi connectivity index (χ0v) is 86.7. The molecule has 40 heteroatoms. The standard InChI is InChI=1S/C30H37N5O4S.C26H31N5O4S.C24H26ClN5O3S.C23H31N5O4S/c1-19-12-21(14-24(13-19)39-23-8-5-6-9-23)22-15-25(28(32-17-22)35-18-20(2)16-30(35,3)4)29(36)34-40(37,38)27-11-7-10-26(31)33-27;1-18-15-26(2,3)31(17-18)24-20(10-8-14-27-24)25(32)30-36(33,34)23-13-7-12-22(29-23)28-16-19-9-5-6-11-21(19)35-4;1-15-12-24(2,3)30(14-15)22-18(11-16(13-27-22)17-7-4-5-8-19(17)25)23(31)29-34(32,33)21-10-6-9-20(26)28-21;1-15-12-23(2,3)28(13-15)21-17(8-9-18(26-21)16-6-5-11-32-14-16)22(29)27-33(30,31)19-7-4-10-25-20(19)24/h7,10-15,17,20,23H,5-6,8-9,16,18H2,1-4H3,(H2,31,33)(H,34,36);5-14,18H,15-17H2,1-4H3,(H,28,29)(H,30,32);4-11,13,15H,12,14H2,1-3H3,(H2,26,28)(H,29,31);4,7-10,15-16H,5-6,11-14H2,1-3H3,(H2,24,25)(H,27,29)/t;;;15-,16?/m...0/s1. The topological polar surface area (TPSA) is 487 Å². The summed E-state index contributed by atoms with van der Waals surface area (Å²) in [6, 6.07) is 46.5. The van der Waals surface area contributed by atoms with Crippen LogP contribution in [0.1, 0.15) is 211 Å². The number of benzene rings is 3. The first kappa shape index (κ1) is 106. The van der Waals surface area contributed by atoms with Gasteiger partial charge in [0, 0.05) is 125 Å². The highest BCUT2D eigenvalue weighted by molar-refractivity contribution is 7.91. The van der Waals surface area contributed by atoms with Crippen molar-refractivity contribution in [2.45, 2.75) is 215 Å². The Bertz CT molecular complexity index is 7050. The van der Waals surface area contributed by atoms with E-state index in [4.69, 9.17) is 53.0 Å². The van der Waals surface area contributed by atoms with Crippen LogP contribution in [0.25, 0.3) is 22.3 Å². The van der Waals surface area contributed by atoms with Gasteiger partial charge in [-0.25, -0.2) is 67.2 Å². The van der Waals surface area contributed by atoms with Gasteiger partial charge in [0.25, 0.3) is 63.7 Å². The minimum absolute atomic E-state index is 0.0335. The molecule has 11 N–H and O–H groups in total. The van der Waals surface area contributed by atoms with Crippen molar-refractivity contribution in [1.82, 2.24) is 58.8 Å². The Morgan fingerprint density at radius 2 is 0.930 bits per heavy atom. The van der Waals surface area contributed by atoms with Crippen molar-refractivity contribution in [3.63, 3.8) is 0 Å². The minimum atomic E-state index is -4.27. The zero-order chi connectivity index (χ0) is 103. The first-order chi connectivity index (χ1) is 67.6. The van der Waals surface area contributed by atoms with Gasteiger partial charge in [-0.1, -0.05) is 100.0 Å². The Kier molecular flexibility index (Phi) is 32.1. The molecular formula is C103H125ClN20O15S4. The molecule has 0 radical (unpaired) electrons. The minimum Gasteiger partial charge on any atom is -0.496 e. The molecule has 3 aromatic carbocycles. The molecule has 758 valence electrons. The van der Waals surface area contributed by atoms with Crippen molar-refractivity contribution in [2.24, 2.45) is 23.7 Å². The van der Waals surface area contributed by atoms with Crippen molar-refractivity contribution >= 4 is 122 Å². The third kappa shape index (κ3) is 25.3. The summed E-state index contributed by atoms with van der Waals surface area (Å²) in [6.45, 7) is 32.0. The van der Waals surface area contributed by atoms with Crippen LogP contribution in [0.5, 0.6) is 11.5 Å². The molecule has 143 heavy (non-hydrogen) atoms. The van der Waals surface area contributed by atoms with Crippen LogP contribution in [0, 0.1) is 30.6 Å². The Morgan fingerprint density at radius 3 is 1.44 bits per heavy atom. The summed E-state index contributed by atoms with van der Waals surface area (Å²) in [7, 11) is -15.4. The van der Waals surface area contributed by atoms with Crippen LogP contribution in [-0.2, 0) is 51.4 Å². The summed E-state index contributed by atoms with van der Waals surface area (Å²) in [6.07, 6.45) is 16.7. The first-order valence-electron chi connectivity index (χ1n) is 47.5. The molecule has 11 aromatic rings. The normalized spacial score (nSPS) is 19.1. The van der Waals surface area contributed by atoms with Crippen molar-refractivity contribution in [3.8, 4) is 33.8 Å². The number of nitrogens with zero attached hydrogens (tertiary/aromatic N) is 12. The van der Waals surface area contributed by atoms with Gasteiger partial charge in [0.05, 0.1) is 42.1 Å². The summed E-state index contributed by atoms with van der Waals surface area (Å²) < 4.78 is 130. The third-order valence-electron chi connectivity index (χ3n) is 26.2. The first-order valence-corrected chi connectivity index (χ1v) is 53.8. The number of nitrogens with two attached hydrogens (primary N) is 3. The molecule has 0 spiro atoms. The van der Waals surface area contributed by atoms with Gasteiger partial charge in [-0.2, -0.15) is 25.3 Å². The van der Waals surface area contributed by atoms with Crippen LogP contribution in [0.2, 0.25) is 5.02 Å². The highest BCUT2D eigenvalue weighted by atomic mass is 35.5. The summed E-state index contributed by atoms with van der Waals surface area (Å²) in [5.41, 5.74) is 22.4. The Morgan fingerprint density at radius 1 is 0.462 bits per heavy atom. The van der Waals surface area contributed by atoms with E-state index in [1.807, 2.05) is 66.4 Å². The number of sulfonamides is 4. The van der Waals surface area contributed by atoms with Gasteiger partial charge in [0.15, 0.2) is 15.1 Å². The highest BCUT2D eigenvalue weighted by Crippen LogP contribution is 2.45. The van der Waals surface area contributed by atoms with Gasteiger partial charge < -0.3 is 56.3 Å². The maximum atomic E-state index is 13.7. The Labute approximate surface area is 841 Å². The number of hydrogen-bond donors (Lipinski definition) is 8. The van der Waals surface area contributed by atoms with Gasteiger partial charge in [-0.05, 0) is 271 Å². The average Bonchev–Trinajstić information content (AvgIpc) is 1.71. The van der Waals surface area contributed by atoms with Crippen LogP contribution in [0.4, 0.5) is 46.5 Å². The predicted molar refractivity (Wildman–Crippen MR) is 553 cm³/mol. The lowest BCUT2D eigenvalue weighted by Gasteiger charge is -2.34. The number of para-hydroxylation sites is 1. The monoisotopic (exact) mass is 2040 g/mol. The number of aryl methyl sites for hydroxylation is 1. The molecular weight excluding hydrogens is 1920 g/mol. The maximum Gasteiger partial charge on any atom is 0.281 e. The quantitative estimate of drug-likeness (QED) is 0.0263. The number of methoxy groups -OCH3 is 1. The molecule has 8 aromatic heterocycles. The number of anilines is 8. The van der Waals surface area contributed by atoms with Crippen molar-refractivity contribution < 1.29 is 67.1 Å². The third-order valence-corrected chi connectivity index (χ3v) is 31.6. The number of hydrogen-bond acceptors (Lipinski definition) is 31. The van der Waals surface area contributed by atoms with Gasteiger partial charge in [-0.15, -0.1) is 0 Å². The van der Waals surface area contributed by atoms with E-state index >= 15 is 0 Å². The number of amides is 4. The number of pyridine rings is 8. The molecule has 13 heterocycles. The summed E-state index contributed by atoms with van der Waals surface area (Å²) in [5, 5.41) is 2.68. The second kappa shape index (κ2) is 43.5. The lowest BCUT2D eigenvalue weighted by atomic mass is 9.96. The number of nitrogen functional groups attached to an aromatic ring is 3. The average molecular weight is 2050 g/mol. The molecule has 4 amide bonds. The molecule has 35 nitrogen and oxygen atoms in total. The fourth-order valence-corrected chi connectivity index (χ4v) is 24.1. The molecule has 6 fully saturated rings. The smallest absolute Gasteiger partial charge is 0.281 e. The number of aromatic nitrogens is 8. The van der Waals surface area contributed by atoms with E-state index in [2.05, 4.69) is 152 Å². The molecule has 5 atom stereocenters. The number of nitrogens with one attached hydrogen (secondary N) is 5. The Balaban J connectivity index is 0.000000152. The molecule has 1 aliphatic carbocycles. The molecule has 17 rings (SSSR count). The number of carbonyl (C=O) groups excluding carboxylic acids is 4. The van der Waals surface area contributed by atoms with Crippen LogP contribution < -0.4 is 70.5 Å². The van der Waals surface area contributed by atoms with E-state index in [0.29, 0.717) is 106 Å². The lowest BCUT2D eigenvalue weighted by Crippen LogP contribution is -2.41. The maximum absolute atomic E-state index is 13.7. The number of halogens is 1. The summed E-state index contributed by atoms with van der Waals surface area (Å²) >= 11 is 6.37. The largest absolute Gasteiger partial charge is 0.496 e. The molecule has 1 saturated carbocycles. The van der Waals surface area contributed by atoms with Crippen LogP contribution in [0.15, 0.2) is 215 Å². The van der Waals surface area contributed by atoms with E-state index < -0.39 is 63.7 Å². The van der Waals surface area contributed by atoms with Crippen molar-refractivity contribution in [1.29, 1.82) is 0 Å². The fourth-order valence-electron chi connectivity index (χ4n) is 19.9. The Hall–Kier alpha value is -13.2. The molecule has 5 saturated heterocycles.